The molecule has 3 nitrogen and oxygen atoms in total. The summed E-state index contributed by atoms with van der Waals surface area (Å²) in [6.45, 7) is 9.05. The van der Waals surface area contributed by atoms with Crippen LogP contribution in [0.5, 0.6) is 0 Å². The minimum absolute atomic E-state index is 0.114. The van der Waals surface area contributed by atoms with Crippen molar-refractivity contribution in [2.45, 2.75) is 46.2 Å². The Morgan fingerprint density at radius 3 is 2.36 bits per heavy atom. The third-order valence-corrected chi connectivity index (χ3v) is 3.49. The van der Waals surface area contributed by atoms with Gasteiger partial charge in [-0.3, -0.25) is 4.79 Å². The number of carbonyl (C=O) groups is 1. The number of likely N-dealkylation sites (tertiary alicyclic amines) is 1. The zero-order chi connectivity index (χ0) is 10.9. The van der Waals surface area contributed by atoms with Gasteiger partial charge in [-0.1, -0.05) is 20.8 Å². The Labute approximate surface area is 86.6 Å². The number of hydrogen-bond acceptors (Lipinski definition) is 2. The van der Waals surface area contributed by atoms with Crippen LogP contribution >= 0.6 is 0 Å². The van der Waals surface area contributed by atoms with Crippen LogP contribution in [-0.2, 0) is 4.79 Å². The molecule has 0 spiro atoms. The van der Waals surface area contributed by atoms with Crippen LogP contribution in [0.3, 0.4) is 0 Å². The van der Waals surface area contributed by atoms with Crippen LogP contribution in [0.4, 0.5) is 0 Å². The number of rotatable bonds is 2. The summed E-state index contributed by atoms with van der Waals surface area (Å²) in [4.78, 5) is 14.0. The highest BCUT2D eigenvalue weighted by Crippen LogP contribution is 2.21. The lowest BCUT2D eigenvalue weighted by atomic mass is 9.96. The molecule has 1 amide bonds. The van der Waals surface area contributed by atoms with Crippen molar-refractivity contribution in [2.75, 3.05) is 6.54 Å². The van der Waals surface area contributed by atoms with Gasteiger partial charge in [0.1, 0.15) is 0 Å². The maximum absolute atomic E-state index is 12.0. The molecular formula is C11H22N2O. The van der Waals surface area contributed by atoms with Gasteiger partial charge in [0, 0.05) is 24.5 Å². The van der Waals surface area contributed by atoms with E-state index in [0.717, 1.165) is 13.0 Å². The highest BCUT2D eigenvalue weighted by atomic mass is 16.2. The van der Waals surface area contributed by atoms with E-state index in [9.17, 15) is 4.79 Å². The average molecular weight is 198 g/mol. The zero-order valence-electron chi connectivity index (χ0n) is 9.66. The van der Waals surface area contributed by atoms with Crippen molar-refractivity contribution in [2.24, 2.45) is 17.6 Å². The topological polar surface area (TPSA) is 46.3 Å². The van der Waals surface area contributed by atoms with Gasteiger partial charge in [-0.15, -0.1) is 0 Å². The molecule has 3 atom stereocenters. The molecule has 1 rings (SSSR count). The van der Waals surface area contributed by atoms with Gasteiger partial charge in [0.05, 0.1) is 0 Å². The van der Waals surface area contributed by atoms with Crippen LogP contribution in [0.15, 0.2) is 0 Å². The van der Waals surface area contributed by atoms with E-state index in [-0.39, 0.29) is 23.9 Å². The maximum atomic E-state index is 12.0. The first-order valence-electron chi connectivity index (χ1n) is 5.51. The minimum atomic E-state index is 0.114. The summed E-state index contributed by atoms with van der Waals surface area (Å²) in [6.07, 6.45) is 0.942. The van der Waals surface area contributed by atoms with Crippen LogP contribution in [-0.4, -0.2) is 29.4 Å². The second-order valence-corrected chi connectivity index (χ2v) is 4.76. The lowest BCUT2D eigenvalue weighted by molar-refractivity contribution is -0.136. The summed E-state index contributed by atoms with van der Waals surface area (Å²) in [7, 11) is 0. The van der Waals surface area contributed by atoms with Crippen molar-refractivity contribution in [1.29, 1.82) is 0 Å². The number of amides is 1. The van der Waals surface area contributed by atoms with E-state index in [4.69, 9.17) is 5.73 Å². The number of hydrogen-bond donors (Lipinski definition) is 1. The minimum Gasteiger partial charge on any atom is -0.338 e. The average Bonchev–Trinajstić information content (AvgIpc) is 2.45. The molecule has 0 aromatic carbocycles. The first-order chi connectivity index (χ1) is 6.45. The molecule has 3 heteroatoms. The summed E-state index contributed by atoms with van der Waals surface area (Å²) in [5, 5.41) is 0. The van der Waals surface area contributed by atoms with Crippen molar-refractivity contribution in [3.05, 3.63) is 0 Å². The molecule has 0 bridgehead atoms. The summed E-state index contributed by atoms with van der Waals surface area (Å²) in [5.41, 5.74) is 5.89. The van der Waals surface area contributed by atoms with Crippen molar-refractivity contribution < 1.29 is 4.79 Å². The quantitative estimate of drug-likeness (QED) is 0.725. The van der Waals surface area contributed by atoms with Gasteiger partial charge in [0.15, 0.2) is 0 Å². The highest BCUT2D eigenvalue weighted by Gasteiger charge is 2.34. The smallest absolute Gasteiger partial charge is 0.225 e. The van der Waals surface area contributed by atoms with Crippen LogP contribution in [0.1, 0.15) is 34.1 Å². The van der Waals surface area contributed by atoms with Crippen molar-refractivity contribution >= 4 is 5.91 Å². The normalized spacial score (nSPS) is 29.7. The van der Waals surface area contributed by atoms with Gasteiger partial charge in [-0.05, 0) is 19.3 Å². The molecule has 0 radical (unpaired) electrons. The summed E-state index contributed by atoms with van der Waals surface area (Å²) >= 11 is 0. The molecule has 1 heterocycles. The molecule has 14 heavy (non-hydrogen) atoms. The molecular weight excluding hydrogens is 176 g/mol. The van der Waals surface area contributed by atoms with Crippen LogP contribution < -0.4 is 5.73 Å². The van der Waals surface area contributed by atoms with E-state index in [1.165, 1.54) is 0 Å². The SMILES string of the molecule is CC(C)C(C)C(=O)N1CCC(N)C1C. The maximum Gasteiger partial charge on any atom is 0.225 e. The Morgan fingerprint density at radius 1 is 1.43 bits per heavy atom. The van der Waals surface area contributed by atoms with E-state index in [1.54, 1.807) is 0 Å². The largest absolute Gasteiger partial charge is 0.338 e. The van der Waals surface area contributed by atoms with Crippen LogP contribution in [0, 0.1) is 11.8 Å². The fraction of sp³-hybridized carbons (Fsp3) is 0.909. The molecule has 0 aliphatic carbocycles. The Balaban J connectivity index is 2.62. The lowest BCUT2D eigenvalue weighted by Crippen LogP contribution is -2.43. The van der Waals surface area contributed by atoms with Gasteiger partial charge >= 0.3 is 0 Å². The van der Waals surface area contributed by atoms with E-state index in [2.05, 4.69) is 13.8 Å². The molecule has 2 N–H and O–H groups in total. The van der Waals surface area contributed by atoms with E-state index < -0.39 is 0 Å². The van der Waals surface area contributed by atoms with Crippen LogP contribution in [0.2, 0.25) is 0 Å². The predicted octanol–water partition coefficient (Wildman–Crippen LogP) is 1.23. The second kappa shape index (κ2) is 4.30. The Bertz CT molecular complexity index is 215. The monoisotopic (exact) mass is 198 g/mol. The van der Waals surface area contributed by atoms with Crippen LogP contribution in [0.25, 0.3) is 0 Å². The third-order valence-electron chi connectivity index (χ3n) is 3.49. The third kappa shape index (κ3) is 2.08. The molecule has 0 saturated carbocycles. The molecule has 1 saturated heterocycles. The van der Waals surface area contributed by atoms with Gasteiger partial charge in [0.25, 0.3) is 0 Å². The first-order valence-corrected chi connectivity index (χ1v) is 5.51. The fourth-order valence-corrected chi connectivity index (χ4v) is 1.82. The number of nitrogens with zero attached hydrogens (tertiary/aromatic N) is 1. The Morgan fingerprint density at radius 2 is 2.00 bits per heavy atom. The molecule has 1 aliphatic rings. The Hall–Kier alpha value is -0.570. The number of nitrogens with two attached hydrogens (primary N) is 1. The highest BCUT2D eigenvalue weighted by molar-refractivity contribution is 5.79. The summed E-state index contributed by atoms with van der Waals surface area (Å²) in [6, 6.07) is 0.377. The lowest BCUT2D eigenvalue weighted by Gasteiger charge is -2.27. The van der Waals surface area contributed by atoms with Crippen molar-refractivity contribution in [3.8, 4) is 0 Å². The second-order valence-electron chi connectivity index (χ2n) is 4.76. The number of carbonyl (C=O) groups excluding carboxylic acids is 1. The van der Waals surface area contributed by atoms with Crippen molar-refractivity contribution in [1.82, 2.24) is 4.90 Å². The standard InChI is InChI=1S/C11H22N2O/c1-7(2)8(3)11(14)13-6-5-10(12)9(13)4/h7-10H,5-6,12H2,1-4H3. The molecule has 0 aromatic heterocycles. The van der Waals surface area contributed by atoms with E-state index in [1.807, 2.05) is 18.7 Å². The first kappa shape index (κ1) is 11.5. The molecule has 82 valence electrons. The van der Waals surface area contributed by atoms with Gasteiger partial charge in [-0.2, -0.15) is 0 Å². The molecule has 0 aromatic rings. The predicted molar refractivity (Wildman–Crippen MR) is 57.8 cm³/mol. The molecule has 1 fully saturated rings. The molecule has 1 aliphatic heterocycles. The summed E-state index contributed by atoms with van der Waals surface area (Å²) < 4.78 is 0. The van der Waals surface area contributed by atoms with Gasteiger partial charge in [-0.25, -0.2) is 0 Å². The zero-order valence-corrected chi connectivity index (χ0v) is 9.66. The van der Waals surface area contributed by atoms with E-state index in [0.29, 0.717) is 5.92 Å². The van der Waals surface area contributed by atoms with Gasteiger partial charge < -0.3 is 10.6 Å². The Kier molecular flexibility index (Phi) is 3.53. The van der Waals surface area contributed by atoms with E-state index >= 15 is 0 Å². The van der Waals surface area contributed by atoms with Crippen molar-refractivity contribution in [3.63, 3.8) is 0 Å². The summed E-state index contributed by atoms with van der Waals surface area (Å²) in [5.74, 6) is 0.787. The molecule has 3 unspecified atom stereocenters. The fourth-order valence-electron chi connectivity index (χ4n) is 1.82. The van der Waals surface area contributed by atoms with Gasteiger partial charge in [0.2, 0.25) is 5.91 Å².